The van der Waals surface area contributed by atoms with Crippen molar-refractivity contribution in [1.82, 2.24) is 0 Å². The molecule has 0 N–H and O–H groups in total. The molecule has 0 amide bonds. The van der Waals surface area contributed by atoms with Crippen molar-refractivity contribution in [2.75, 3.05) is 0 Å². The fourth-order valence-electron chi connectivity index (χ4n) is 1.99. The largest absolute Gasteiger partial charge is 0.0988 e. The summed E-state index contributed by atoms with van der Waals surface area (Å²) in [5.41, 5.74) is 2.84. The summed E-state index contributed by atoms with van der Waals surface area (Å²) in [5, 5.41) is 0. The average molecular weight is 188 g/mol. The van der Waals surface area contributed by atoms with E-state index >= 15 is 0 Å². The van der Waals surface area contributed by atoms with Gasteiger partial charge in [-0.05, 0) is 30.4 Å². The van der Waals surface area contributed by atoms with Crippen LogP contribution in [0, 0.1) is 11.8 Å². The molecule has 0 bridgehead atoms. The molecule has 1 unspecified atom stereocenters. The van der Waals surface area contributed by atoms with Gasteiger partial charge < -0.3 is 0 Å². The number of allylic oxidation sites excluding steroid dienone is 7. The van der Waals surface area contributed by atoms with Gasteiger partial charge in [0.2, 0.25) is 0 Å². The molecule has 0 radical (unpaired) electrons. The first-order chi connectivity index (χ1) is 6.70. The maximum atomic E-state index is 3.92. The maximum Gasteiger partial charge on any atom is 0.00550 e. The van der Waals surface area contributed by atoms with Crippen LogP contribution in [-0.4, -0.2) is 0 Å². The summed E-state index contributed by atoms with van der Waals surface area (Å²) in [6.45, 7) is 10.5. The zero-order valence-electron chi connectivity index (χ0n) is 9.46. The smallest absolute Gasteiger partial charge is 0.00550 e. The van der Waals surface area contributed by atoms with Crippen LogP contribution >= 0.6 is 0 Å². The second-order valence-corrected chi connectivity index (χ2v) is 4.04. The number of hydrogen-bond acceptors (Lipinski definition) is 0. The topological polar surface area (TPSA) is 0 Å². The van der Waals surface area contributed by atoms with Gasteiger partial charge >= 0.3 is 0 Å². The summed E-state index contributed by atoms with van der Waals surface area (Å²) in [6, 6.07) is 0. The summed E-state index contributed by atoms with van der Waals surface area (Å²) in [5.74, 6) is 1.13. The fourth-order valence-corrected chi connectivity index (χ4v) is 1.99. The molecule has 0 heteroatoms. The van der Waals surface area contributed by atoms with E-state index in [2.05, 4.69) is 51.7 Å². The third kappa shape index (κ3) is 2.25. The van der Waals surface area contributed by atoms with E-state index in [9.17, 15) is 0 Å². The van der Waals surface area contributed by atoms with Crippen LogP contribution in [0.15, 0.2) is 48.1 Å². The molecule has 0 fully saturated rings. The summed E-state index contributed by atoms with van der Waals surface area (Å²) in [4.78, 5) is 0. The number of hydrogen-bond donors (Lipinski definition) is 0. The molecule has 0 aromatic rings. The first kappa shape index (κ1) is 11.0. The van der Waals surface area contributed by atoms with Gasteiger partial charge in [-0.15, -0.1) is 0 Å². The molecule has 1 aliphatic rings. The molecule has 0 nitrogen and oxygen atoms in total. The van der Waals surface area contributed by atoms with Gasteiger partial charge in [0.15, 0.2) is 0 Å². The van der Waals surface area contributed by atoms with Crippen molar-refractivity contribution in [3.05, 3.63) is 48.1 Å². The van der Waals surface area contributed by atoms with Gasteiger partial charge in [0.25, 0.3) is 0 Å². The Morgan fingerprint density at radius 3 is 2.71 bits per heavy atom. The Morgan fingerprint density at radius 1 is 1.50 bits per heavy atom. The third-order valence-corrected chi connectivity index (χ3v) is 2.69. The maximum absolute atomic E-state index is 3.92. The van der Waals surface area contributed by atoms with Gasteiger partial charge in [-0.25, -0.2) is 0 Å². The Morgan fingerprint density at radius 2 is 2.21 bits per heavy atom. The minimum Gasteiger partial charge on any atom is -0.0988 e. The van der Waals surface area contributed by atoms with Gasteiger partial charge in [0, 0.05) is 5.92 Å². The predicted octanol–water partition coefficient (Wildman–Crippen LogP) is 4.28. The molecule has 0 heterocycles. The molecule has 0 aromatic carbocycles. The minimum atomic E-state index is 0.542. The molecule has 1 atom stereocenters. The first-order valence-corrected chi connectivity index (χ1v) is 5.36. The van der Waals surface area contributed by atoms with Gasteiger partial charge in [-0.1, -0.05) is 50.8 Å². The average Bonchev–Trinajstić information content (AvgIpc) is 2.18. The highest BCUT2D eigenvalue weighted by molar-refractivity contribution is 5.40. The van der Waals surface area contributed by atoms with Crippen molar-refractivity contribution in [3.63, 3.8) is 0 Å². The van der Waals surface area contributed by atoms with Gasteiger partial charge in [0.1, 0.15) is 0 Å². The highest BCUT2D eigenvalue weighted by Crippen LogP contribution is 2.31. The highest BCUT2D eigenvalue weighted by Gasteiger charge is 2.16. The van der Waals surface area contributed by atoms with Crippen molar-refractivity contribution in [2.24, 2.45) is 11.8 Å². The SMILES string of the molecule is C=CC1=C(C(C)C)C=CCC1C=CC. The van der Waals surface area contributed by atoms with Crippen molar-refractivity contribution >= 4 is 0 Å². The molecule has 1 aliphatic carbocycles. The lowest BCUT2D eigenvalue weighted by Gasteiger charge is -2.22. The quantitative estimate of drug-likeness (QED) is 0.580. The molecule has 76 valence electrons. The predicted molar refractivity (Wildman–Crippen MR) is 64.1 cm³/mol. The molecule has 1 rings (SSSR count). The van der Waals surface area contributed by atoms with E-state index in [1.165, 1.54) is 11.1 Å². The Bertz CT molecular complexity index is 287. The second kappa shape index (κ2) is 4.99. The normalized spacial score (nSPS) is 22.4. The zero-order chi connectivity index (χ0) is 10.6. The molecule has 0 spiro atoms. The van der Waals surface area contributed by atoms with E-state index in [0.717, 1.165) is 6.42 Å². The Balaban J connectivity index is 3.05. The Kier molecular flexibility index (Phi) is 3.94. The van der Waals surface area contributed by atoms with Crippen LogP contribution in [0.1, 0.15) is 27.2 Å². The lowest BCUT2D eigenvalue weighted by atomic mass is 9.82. The van der Waals surface area contributed by atoms with E-state index in [4.69, 9.17) is 0 Å². The summed E-state index contributed by atoms with van der Waals surface area (Å²) < 4.78 is 0. The van der Waals surface area contributed by atoms with Crippen molar-refractivity contribution in [1.29, 1.82) is 0 Å². The van der Waals surface area contributed by atoms with Crippen molar-refractivity contribution in [2.45, 2.75) is 27.2 Å². The molecular weight excluding hydrogens is 168 g/mol. The number of rotatable bonds is 3. The second-order valence-electron chi connectivity index (χ2n) is 4.04. The summed E-state index contributed by atoms with van der Waals surface area (Å²) >= 11 is 0. The van der Waals surface area contributed by atoms with Crippen molar-refractivity contribution < 1.29 is 0 Å². The zero-order valence-corrected chi connectivity index (χ0v) is 9.46. The molecule has 0 aromatic heterocycles. The van der Waals surface area contributed by atoms with E-state index in [1.54, 1.807) is 0 Å². The van der Waals surface area contributed by atoms with Gasteiger partial charge in [-0.3, -0.25) is 0 Å². The van der Waals surface area contributed by atoms with E-state index < -0.39 is 0 Å². The lowest BCUT2D eigenvalue weighted by Crippen LogP contribution is -2.08. The van der Waals surface area contributed by atoms with Crippen LogP contribution in [0.3, 0.4) is 0 Å². The monoisotopic (exact) mass is 188 g/mol. The molecule has 0 saturated heterocycles. The lowest BCUT2D eigenvalue weighted by molar-refractivity contribution is 0.708. The van der Waals surface area contributed by atoms with Crippen molar-refractivity contribution in [3.8, 4) is 0 Å². The van der Waals surface area contributed by atoms with Crippen LogP contribution in [-0.2, 0) is 0 Å². The van der Waals surface area contributed by atoms with Crippen LogP contribution in [0.25, 0.3) is 0 Å². The van der Waals surface area contributed by atoms with E-state index in [0.29, 0.717) is 11.8 Å². The van der Waals surface area contributed by atoms with E-state index in [-0.39, 0.29) is 0 Å². The fraction of sp³-hybridized carbons (Fsp3) is 0.429. The summed E-state index contributed by atoms with van der Waals surface area (Å²) in [7, 11) is 0. The highest BCUT2D eigenvalue weighted by atomic mass is 14.2. The standard InChI is InChI=1S/C14H20/c1-5-8-12-9-7-10-14(11(3)4)13(12)6-2/h5-8,10-12H,2,9H2,1,3-4H3. The van der Waals surface area contributed by atoms with Gasteiger partial charge in [0.05, 0.1) is 0 Å². The molecule has 14 heavy (non-hydrogen) atoms. The Labute approximate surface area is 87.7 Å². The van der Waals surface area contributed by atoms with Crippen LogP contribution in [0.4, 0.5) is 0 Å². The van der Waals surface area contributed by atoms with Gasteiger partial charge in [-0.2, -0.15) is 0 Å². The summed E-state index contributed by atoms with van der Waals surface area (Å²) in [6.07, 6.45) is 12.0. The molecule has 0 saturated carbocycles. The van der Waals surface area contributed by atoms with E-state index in [1.807, 2.05) is 6.08 Å². The first-order valence-electron chi connectivity index (χ1n) is 5.36. The van der Waals surface area contributed by atoms with Crippen LogP contribution in [0.5, 0.6) is 0 Å². The third-order valence-electron chi connectivity index (χ3n) is 2.69. The molecular formula is C14H20. The Hall–Kier alpha value is -1.04. The van der Waals surface area contributed by atoms with Crippen LogP contribution < -0.4 is 0 Å². The van der Waals surface area contributed by atoms with Crippen LogP contribution in [0.2, 0.25) is 0 Å². The molecule has 0 aliphatic heterocycles. The minimum absolute atomic E-state index is 0.542.